The molecule has 0 aliphatic heterocycles. The minimum atomic E-state index is 0.229. The van der Waals surface area contributed by atoms with Gasteiger partial charge in [0.2, 0.25) is 7.28 Å². The molecule has 0 aliphatic rings. The maximum absolute atomic E-state index is 11.1. The number of rotatable bonds is 5. The normalized spacial score (nSPS) is 11.5. The number of carbonyl (C=O) groups is 1. The molecule has 0 aromatic heterocycles. The van der Waals surface area contributed by atoms with Gasteiger partial charge in [-0.25, -0.2) is 0 Å². The number of nitrogens with zero attached hydrogens (tertiary/aromatic N) is 1. The van der Waals surface area contributed by atoms with Gasteiger partial charge in [0.1, 0.15) is 5.68 Å². The van der Waals surface area contributed by atoms with E-state index in [0.717, 1.165) is 6.54 Å². The molecule has 0 bridgehead atoms. The molecule has 3 heteroatoms. The van der Waals surface area contributed by atoms with E-state index in [9.17, 15) is 4.79 Å². The second kappa shape index (κ2) is 6.01. The lowest BCUT2D eigenvalue weighted by Crippen LogP contribution is -2.13. The molecule has 0 atom stereocenters. The van der Waals surface area contributed by atoms with E-state index >= 15 is 0 Å². The zero-order valence-corrected chi connectivity index (χ0v) is 8.50. The van der Waals surface area contributed by atoms with Crippen molar-refractivity contribution in [3.8, 4) is 0 Å². The molecule has 68 valence electrons. The summed E-state index contributed by atoms with van der Waals surface area (Å²) in [7, 11) is 4.62. The Morgan fingerprint density at radius 1 is 1.50 bits per heavy atom. The highest BCUT2D eigenvalue weighted by Gasteiger charge is 2.02. The van der Waals surface area contributed by atoms with E-state index in [1.807, 2.05) is 25.1 Å². The van der Waals surface area contributed by atoms with Crippen molar-refractivity contribution in [2.45, 2.75) is 19.7 Å². The highest BCUT2D eigenvalue weighted by atomic mass is 16.1. The molecule has 12 heavy (non-hydrogen) atoms. The first-order valence-corrected chi connectivity index (χ1v) is 4.36. The number of allylic oxidation sites excluding steroid dienone is 1. The lowest BCUT2D eigenvalue weighted by atomic mass is 9.62. The van der Waals surface area contributed by atoms with Crippen molar-refractivity contribution in [3.63, 3.8) is 0 Å². The van der Waals surface area contributed by atoms with Crippen LogP contribution in [0, 0.1) is 0 Å². The van der Waals surface area contributed by atoms with Gasteiger partial charge in [-0.2, -0.15) is 0 Å². The molecule has 0 fully saturated rings. The van der Waals surface area contributed by atoms with Gasteiger partial charge in [0.05, 0.1) is 0 Å². The molecule has 0 rings (SSSR count). The van der Waals surface area contributed by atoms with E-state index in [0.29, 0.717) is 13.1 Å². The molecule has 0 unspecified atom stereocenters. The van der Waals surface area contributed by atoms with Crippen LogP contribution in [0.4, 0.5) is 0 Å². The van der Waals surface area contributed by atoms with Crippen molar-refractivity contribution in [1.82, 2.24) is 4.90 Å². The Labute approximate surface area is 75.9 Å². The van der Waals surface area contributed by atoms with Gasteiger partial charge < -0.3 is 9.69 Å². The zero-order chi connectivity index (χ0) is 9.56. The largest absolute Gasteiger partial charge is 0.307 e. The van der Waals surface area contributed by atoms with Gasteiger partial charge in [-0.1, -0.05) is 25.7 Å². The Balaban J connectivity index is 3.61. The zero-order valence-electron chi connectivity index (χ0n) is 8.50. The van der Waals surface area contributed by atoms with Gasteiger partial charge in [0, 0.05) is 6.54 Å². The van der Waals surface area contributed by atoms with E-state index in [2.05, 4.69) is 13.8 Å². The maximum atomic E-state index is 11.1. The summed E-state index contributed by atoms with van der Waals surface area (Å²) < 4.78 is 0. The lowest BCUT2D eigenvalue weighted by Gasteiger charge is -2.03. The van der Waals surface area contributed by atoms with Crippen LogP contribution >= 0.6 is 0 Å². The van der Waals surface area contributed by atoms with Crippen LogP contribution in [0.25, 0.3) is 0 Å². The predicted molar refractivity (Wildman–Crippen MR) is 54.9 cm³/mol. The van der Waals surface area contributed by atoms with E-state index in [1.165, 1.54) is 0 Å². The molecule has 0 heterocycles. The Bertz CT molecular complexity index is 164. The van der Waals surface area contributed by atoms with Gasteiger partial charge in [-0.15, -0.1) is 0 Å². The Hall–Kier alpha value is -0.565. The molecular formula is C9H18BNO. The van der Waals surface area contributed by atoms with E-state index in [4.69, 9.17) is 0 Å². The molecule has 0 radical (unpaired) electrons. The Kier molecular flexibility index (Phi) is 5.72. The van der Waals surface area contributed by atoms with Crippen LogP contribution in [0.1, 0.15) is 13.8 Å². The van der Waals surface area contributed by atoms with Crippen molar-refractivity contribution >= 4 is 13.0 Å². The van der Waals surface area contributed by atoms with Gasteiger partial charge in [-0.05, 0) is 20.2 Å². The van der Waals surface area contributed by atoms with Gasteiger partial charge in [-0.3, -0.25) is 0 Å². The highest BCUT2D eigenvalue weighted by molar-refractivity contribution is 6.77. The van der Waals surface area contributed by atoms with E-state index in [-0.39, 0.29) is 5.68 Å². The fourth-order valence-electron chi connectivity index (χ4n) is 0.865. The summed E-state index contributed by atoms with van der Waals surface area (Å²) in [6.07, 6.45) is 3.59. The summed E-state index contributed by atoms with van der Waals surface area (Å²) in [5.41, 5.74) is 0.229. The van der Waals surface area contributed by atoms with Crippen LogP contribution in [0.15, 0.2) is 12.2 Å². The summed E-state index contributed by atoms with van der Waals surface area (Å²) >= 11 is 0. The summed E-state index contributed by atoms with van der Waals surface area (Å²) in [6.45, 7) is 4.94. The molecule has 0 aromatic carbocycles. The lowest BCUT2D eigenvalue weighted by molar-refractivity contribution is -0.108. The summed E-state index contributed by atoms with van der Waals surface area (Å²) in [5, 5.41) is 0. The average molecular weight is 167 g/mol. The average Bonchev–Trinajstić information content (AvgIpc) is 1.84. The number of hydrogen-bond acceptors (Lipinski definition) is 2. The number of likely N-dealkylation sites (N-methyl/N-ethyl adjacent to an activating group) is 1. The number of carbonyl (C=O) groups excluding carboxylic acids is 1. The van der Waals surface area contributed by atoms with E-state index in [1.54, 1.807) is 6.08 Å². The van der Waals surface area contributed by atoms with Crippen LogP contribution in [-0.4, -0.2) is 38.5 Å². The molecule has 0 aromatic rings. The quantitative estimate of drug-likeness (QED) is 0.447. The van der Waals surface area contributed by atoms with Gasteiger partial charge in [0.15, 0.2) is 0 Å². The second-order valence-electron chi connectivity index (χ2n) is 3.73. The van der Waals surface area contributed by atoms with E-state index < -0.39 is 0 Å². The van der Waals surface area contributed by atoms with Crippen LogP contribution in [0.5, 0.6) is 0 Å². The van der Waals surface area contributed by atoms with Crippen molar-refractivity contribution < 1.29 is 4.79 Å². The minimum absolute atomic E-state index is 0.229. The minimum Gasteiger partial charge on any atom is -0.307 e. The SMILES string of the molecule is CC(C)BC(=O)/C=C/CN(C)C. The first-order chi connectivity index (χ1) is 5.52. The molecule has 0 saturated heterocycles. The van der Waals surface area contributed by atoms with Crippen LogP contribution in [0.3, 0.4) is 0 Å². The van der Waals surface area contributed by atoms with Gasteiger partial charge >= 0.3 is 0 Å². The van der Waals surface area contributed by atoms with Crippen LogP contribution in [0.2, 0.25) is 5.82 Å². The molecule has 2 nitrogen and oxygen atoms in total. The third-order valence-corrected chi connectivity index (χ3v) is 1.38. The molecular weight excluding hydrogens is 149 g/mol. The summed E-state index contributed by atoms with van der Waals surface area (Å²) in [4.78, 5) is 13.2. The third-order valence-electron chi connectivity index (χ3n) is 1.38. The Morgan fingerprint density at radius 3 is 2.50 bits per heavy atom. The van der Waals surface area contributed by atoms with Crippen molar-refractivity contribution in [1.29, 1.82) is 0 Å². The molecule has 0 spiro atoms. The fourth-order valence-corrected chi connectivity index (χ4v) is 0.865. The Morgan fingerprint density at radius 2 is 2.08 bits per heavy atom. The van der Waals surface area contributed by atoms with Crippen LogP contribution in [-0.2, 0) is 4.79 Å². The van der Waals surface area contributed by atoms with Crippen LogP contribution < -0.4 is 0 Å². The third kappa shape index (κ3) is 7.54. The van der Waals surface area contributed by atoms with Crippen molar-refractivity contribution in [3.05, 3.63) is 12.2 Å². The molecule has 0 aliphatic carbocycles. The van der Waals surface area contributed by atoms with Gasteiger partial charge in [0.25, 0.3) is 0 Å². The topological polar surface area (TPSA) is 20.3 Å². The first-order valence-electron chi connectivity index (χ1n) is 4.36. The predicted octanol–water partition coefficient (Wildman–Crippen LogP) is 0.896. The second-order valence-corrected chi connectivity index (χ2v) is 3.73. The molecule has 0 amide bonds. The molecule has 0 N–H and O–H groups in total. The van der Waals surface area contributed by atoms with Crippen molar-refractivity contribution in [2.24, 2.45) is 0 Å². The fraction of sp³-hybridized carbons (Fsp3) is 0.667. The standard InChI is InChI=1S/C9H18BNO/c1-8(2)10-9(12)6-5-7-11(3)4/h5-6,8,10H,7H2,1-4H3/b6-5+. The number of hydrogen-bond donors (Lipinski definition) is 0. The molecule has 0 saturated carbocycles. The highest BCUT2D eigenvalue weighted by Crippen LogP contribution is 1.97. The summed E-state index contributed by atoms with van der Waals surface area (Å²) in [6, 6.07) is 0. The van der Waals surface area contributed by atoms with Crippen molar-refractivity contribution in [2.75, 3.05) is 20.6 Å². The monoisotopic (exact) mass is 167 g/mol. The first kappa shape index (κ1) is 11.4. The smallest absolute Gasteiger partial charge is 0.213 e. The maximum Gasteiger partial charge on any atom is 0.213 e. The summed E-state index contributed by atoms with van der Waals surface area (Å²) in [5.74, 6) is 0.460.